The third-order valence-electron chi connectivity index (χ3n) is 3.29. The van der Waals surface area contributed by atoms with Crippen molar-refractivity contribution in [1.82, 2.24) is 9.88 Å². The van der Waals surface area contributed by atoms with Crippen molar-refractivity contribution in [3.63, 3.8) is 0 Å². The molecule has 1 aliphatic heterocycles. The van der Waals surface area contributed by atoms with E-state index in [1.165, 1.54) is 38.2 Å². The minimum Gasteiger partial charge on any atom is -0.303 e. The van der Waals surface area contributed by atoms with Crippen LogP contribution < -0.4 is 0 Å². The fraction of sp³-hybridized carbons (Fsp3) is 0.615. The summed E-state index contributed by atoms with van der Waals surface area (Å²) >= 11 is 0. The highest BCUT2D eigenvalue weighted by atomic mass is 15.1. The first-order valence-corrected chi connectivity index (χ1v) is 5.97. The molecule has 2 rings (SSSR count). The van der Waals surface area contributed by atoms with E-state index in [2.05, 4.69) is 28.9 Å². The minimum atomic E-state index is 0.927. The molecule has 2 heteroatoms. The molecule has 1 aromatic rings. The van der Waals surface area contributed by atoms with Gasteiger partial charge >= 0.3 is 0 Å². The van der Waals surface area contributed by atoms with Crippen molar-refractivity contribution in [3.05, 3.63) is 30.1 Å². The average molecular weight is 204 g/mol. The van der Waals surface area contributed by atoms with Crippen LogP contribution in [0.3, 0.4) is 0 Å². The highest BCUT2D eigenvalue weighted by Gasteiger charge is 2.14. The molecule has 1 fully saturated rings. The van der Waals surface area contributed by atoms with Crippen LogP contribution in [0.2, 0.25) is 0 Å². The summed E-state index contributed by atoms with van der Waals surface area (Å²) in [4.78, 5) is 6.92. The zero-order valence-corrected chi connectivity index (χ0v) is 9.52. The van der Waals surface area contributed by atoms with Crippen molar-refractivity contribution >= 4 is 0 Å². The van der Waals surface area contributed by atoms with Gasteiger partial charge in [0.15, 0.2) is 0 Å². The third-order valence-corrected chi connectivity index (χ3v) is 3.29. The molecule has 0 unspecified atom stereocenters. The molecule has 1 aromatic heterocycles. The van der Waals surface area contributed by atoms with E-state index in [0.717, 1.165) is 12.3 Å². The van der Waals surface area contributed by atoms with Gasteiger partial charge in [-0.15, -0.1) is 0 Å². The largest absolute Gasteiger partial charge is 0.303 e. The molecule has 1 saturated heterocycles. The Labute approximate surface area is 92.3 Å². The van der Waals surface area contributed by atoms with Crippen molar-refractivity contribution < 1.29 is 0 Å². The normalized spacial score (nSPS) is 19.3. The van der Waals surface area contributed by atoms with Crippen LogP contribution in [0.15, 0.2) is 24.4 Å². The van der Waals surface area contributed by atoms with Crippen molar-refractivity contribution in [1.29, 1.82) is 0 Å². The Hall–Kier alpha value is -0.890. The molecule has 1 aliphatic rings. The Bertz CT molecular complexity index is 276. The molecule has 0 N–H and O–H groups in total. The van der Waals surface area contributed by atoms with Crippen LogP contribution in [0.1, 0.15) is 25.5 Å². The first-order chi connectivity index (χ1) is 7.34. The molecule has 0 saturated carbocycles. The van der Waals surface area contributed by atoms with Gasteiger partial charge in [-0.1, -0.05) is 13.0 Å². The van der Waals surface area contributed by atoms with Gasteiger partial charge in [-0.3, -0.25) is 4.98 Å². The van der Waals surface area contributed by atoms with Crippen LogP contribution in [0.4, 0.5) is 0 Å². The van der Waals surface area contributed by atoms with Gasteiger partial charge in [0, 0.05) is 24.9 Å². The standard InChI is InChI=1S/C13H20N2/c1-12-5-9-15(10-6-12)11-7-13-4-2-3-8-14-13/h2-4,8,12H,5-7,9-11H2,1H3. The van der Waals surface area contributed by atoms with Gasteiger partial charge in [0.2, 0.25) is 0 Å². The fourth-order valence-electron chi connectivity index (χ4n) is 2.10. The monoisotopic (exact) mass is 204 g/mol. The molecule has 0 bridgehead atoms. The number of pyridine rings is 1. The summed E-state index contributed by atoms with van der Waals surface area (Å²) in [7, 11) is 0. The van der Waals surface area contributed by atoms with Crippen LogP contribution in [0.25, 0.3) is 0 Å². The van der Waals surface area contributed by atoms with Gasteiger partial charge in [0.25, 0.3) is 0 Å². The van der Waals surface area contributed by atoms with Crippen molar-refractivity contribution in [3.8, 4) is 0 Å². The van der Waals surface area contributed by atoms with Crippen molar-refractivity contribution in [2.75, 3.05) is 19.6 Å². The second-order valence-corrected chi connectivity index (χ2v) is 4.60. The quantitative estimate of drug-likeness (QED) is 0.751. The molecule has 2 heterocycles. The van der Waals surface area contributed by atoms with E-state index in [-0.39, 0.29) is 0 Å². The van der Waals surface area contributed by atoms with E-state index in [1.54, 1.807) is 0 Å². The second kappa shape index (κ2) is 5.26. The molecule has 2 nitrogen and oxygen atoms in total. The first-order valence-electron chi connectivity index (χ1n) is 5.97. The lowest BCUT2D eigenvalue weighted by atomic mass is 9.99. The number of hydrogen-bond acceptors (Lipinski definition) is 2. The predicted molar refractivity (Wildman–Crippen MR) is 62.8 cm³/mol. The van der Waals surface area contributed by atoms with Gasteiger partial charge in [-0.2, -0.15) is 0 Å². The molecule has 0 aromatic carbocycles. The SMILES string of the molecule is CC1CCN(CCc2ccccn2)CC1. The van der Waals surface area contributed by atoms with Crippen LogP contribution in [-0.2, 0) is 6.42 Å². The van der Waals surface area contributed by atoms with Gasteiger partial charge in [-0.25, -0.2) is 0 Å². The summed E-state index contributed by atoms with van der Waals surface area (Å²) in [6.07, 6.45) is 5.70. The first kappa shape index (κ1) is 10.6. The van der Waals surface area contributed by atoms with Crippen LogP contribution in [0, 0.1) is 5.92 Å². The summed E-state index contributed by atoms with van der Waals surface area (Å²) in [6.45, 7) is 6.07. The lowest BCUT2D eigenvalue weighted by molar-refractivity contribution is 0.194. The summed E-state index contributed by atoms with van der Waals surface area (Å²) in [5, 5.41) is 0. The Morgan fingerprint density at radius 1 is 1.33 bits per heavy atom. The molecular weight excluding hydrogens is 184 g/mol. The third kappa shape index (κ3) is 3.31. The van der Waals surface area contributed by atoms with Gasteiger partial charge in [-0.05, 0) is 44.0 Å². The van der Waals surface area contributed by atoms with E-state index >= 15 is 0 Å². The van der Waals surface area contributed by atoms with E-state index < -0.39 is 0 Å². The van der Waals surface area contributed by atoms with E-state index in [4.69, 9.17) is 0 Å². The molecule has 0 radical (unpaired) electrons. The van der Waals surface area contributed by atoms with Crippen molar-refractivity contribution in [2.45, 2.75) is 26.2 Å². The Morgan fingerprint density at radius 2 is 2.13 bits per heavy atom. The highest BCUT2D eigenvalue weighted by Crippen LogP contribution is 2.15. The summed E-state index contributed by atoms with van der Waals surface area (Å²) in [5.74, 6) is 0.927. The Kier molecular flexibility index (Phi) is 3.73. The molecule has 0 spiro atoms. The summed E-state index contributed by atoms with van der Waals surface area (Å²) in [5.41, 5.74) is 1.22. The maximum atomic E-state index is 4.35. The van der Waals surface area contributed by atoms with Crippen molar-refractivity contribution in [2.24, 2.45) is 5.92 Å². The van der Waals surface area contributed by atoms with Gasteiger partial charge < -0.3 is 4.90 Å². The number of piperidine rings is 1. The van der Waals surface area contributed by atoms with Gasteiger partial charge in [0.1, 0.15) is 0 Å². The fourth-order valence-corrected chi connectivity index (χ4v) is 2.10. The van der Waals surface area contributed by atoms with Gasteiger partial charge in [0.05, 0.1) is 0 Å². The lowest BCUT2D eigenvalue weighted by Gasteiger charge is -2.29. The summed E-state index contributed by atoms with van der Waals surface area (Å²) < 4.78 is 0. The number of hydrogen-bond donors (Lipinski definition) is 0. The molecule has 0 amide bonds. The maximum absolute atomic E-state index is 4.35. The Morgan fingerprint density at radius 3 is 2.80 bits per heavy atom. The van der Waals surface area contributed by atoms with E-state index in [0.29, 0.717) is 0 Å². The zero-order valence-electron chi connectivity index (χ0n) is 9.52. The van der Waals surface area contributed by atoms with E-state index in [9.17, 15) is 0 Å². The summed E-state index contributed by atoms with van der Waals surface area (Å²) in [6, 6.07) is 6.17. The second-order valence-electron chi connectivity index (χ2n) is 4.60. The molecule has 0 atom stereocenters. The Balaban J connectivity index is 1.74. The average Bonchev–Trinajstić information content (AvgIpc) is 2.30. The van der Waals surface area contributed by atoms with Crippen LogP contribution >= 0.6 is 0 Å². The number of likely N-dealkylation sites (tertiary alicyclic amines) is 1. The number of aromatic nitrogens is 1. The smallest absolute Gasteiger partial charge is 0.0416 e. The van der Waals surface area contributed by atoms with Crippen LogP contribution in [-0.4, -0.2) is 29.5 Å². The topological polar surface area (TPSA) is 16.1 Å². The van der Waals surface area contributed by atoms with E-state index in [1.807, 2.05) is 12.3 Å². The minimum absolute atomic E-state index is 0.927. The highest BCUT2D eigenvalue weighted by molar-refractivity contribution is 5.03. The van der Waals surface area contributed by atoms with Crippen LogP contribution in [0.5, 0.6) is 0 Å². The number of rotatable bonds is 3. The lowest BCUT2D eigenvalue weighted by Crippen LogP contribution is -2.34. The zero-order chi connectivity index (χ0) is 10.5. The molecular formula is C13H20N2. The maximum Gasteiger partial charge on any atom is 0.0416 e. The number of nitrogens with zero attached hydrogens (tertiary/aromatic N) is 2. The molecule has 0 aliphatic carbocycles. The predicted octanol–water partition coefficient (Wildman–Crippen LogP) is 2.36. The molecule has 15 heavy (non-hydrogen) atoms. The molecule has 82 valence electrons.